The van der Waals surface area contributed by atoms with Crippen molar-refractivity contribution >= 4 is 21.8 Å². The number of carbonyl (C=O) groups is 1. The smallest absolute Gasteiger partial charge is 0.254 e. The van der Waals surface area contributed by atoms with Crippen LogP contribution in [0.4, 0.5) is 0 Å². The Morgan fingerprint density at radius 1 is 1.08 bits per heavy atom. The highest BCUT2D eigenvalue weighted by atomic mass is 79.9. The molecule has 2 aromatic rings. The lowest BCUT2D eigenvalue weighted by Crippen LogP contribution is -2.26. The molecule has 0 radical (unpaired) electrons. The van der Waals surface area contributed by atoms with Gasteiger partial charge in [0.15, 0.2) is 11.5 Å². The van der Waals surface area contributed by atoms with Gasteiger partial charge in [-0.05, 0) is 45.8 Å². The van der Waals surface area contributed by atoms with E-state index in [1.54, 1.807) is 38.3 Å². The van der Waals surface area contributed by atoms with Gasteiger partial charge in [0.1, 0.15) is 29.2 Å². The van der Waals surface area contributed by atoms with E-state index in [-0.39, 0.29) is 5.91 Å². The Hall–Kier alpha value is -2.41. The summed E-state index contributed by atoms with van der Waals surface area (Å²) in [6.45, 7) is 1.53. The van der Waals surface area contributed by atoms with Crippen LogP contribution in [-0.2, 0) is 6.54 Å². The lowest BCUT2D eigenvalue weighted by Gasteiger charge is -2.21. The van der Waals surface area contributed by atoms with Gasteiger partial charge >= 0.3 is 0 Å². The van der Waals surface area contributed by atoms with Gasteiger partial charge in [0, 0.05) is 19.2 Å². The standard InChI is InChI=1S/C19H20BrNO5/c1-21(11-12-4-5-14-15(8-12)26-7-6-25-14)19(22)13-9-16(23-2)18(20)17(10-13)24-3/h4-5,8-10H,6-7,11H2,1-3H3. The number of carbonyl (C=O) groups excluding carboxylic acids is 1. The zero-order valence-corrected chi connectivity index (χ0v) is 16.5. The molecule has 0 saturated heterocycles. The maximum absolute atomic E-state index is 12.8. The average molecular weight is 422 g/mol. The van der Waals surface area contributed by atoms with Crippen molar-refractivity contribution in [3.8, 4) is 23.0 Å². The van der Waals surface area contributed by atoms with E-state index in [4.69, 9.17) is 18.9 Å². The molecule has 0 aromatic heterocycles. The van der Waals surface area contributed by atoms with E-state index in [2.05, 4.69) is 15.9 Å². The van der Waals surface area contributed by atoms with E-state index >= 15 is 0 Å². The Balaban J connectivity index is 1.80. The Kier molecular flexibility index (Phi) is 5.56. The fourth-order valence-electron chi connectivity index (χ4n) is 2.74. The molecule has 0 saturated carbocycles. The quantitative estimate of drug-likeness (QED) is 0.738. The number of nitrogens with zero attached hydrogens (tertiary/aromatic N) is 1. The van der Waals surface area contributed by atoms with Crippen molar-refractivity contribution in [2.75, 3.05) is 34.5 Å². The highest BCUT2D eigenvalue weighted by Gasteiger charge is 2.19. The lowest BCUT2D eigenvalue weighted by atomic mass is 10.1. The predicted molar refractivity (Wildman–Crippen MR) is 100 cm³/mol. The van der Waals surface area contributed by atoms with Crippen LogP contribution in [0.5, 0.6) is 23.0 Å². The molecule has 1 heterocycles. The summed E-state index contributed by atoms with van der Waals surface area (Å²) in [5.74, 6) is 2.39. The normalized spacial score (nSPS) is 12.5. The van der Waals surface area contributed by atoms with Crippen LogP contribution < -0.4 is 18.9 Å². The third kappa shape index (κ3) is 3.72. The summed E-state index contributed by atoms with van der Waals surface area (Å²) in [5, 5.41) is 0. The minimum Gasteiger partial charge on any atom is -0.495 e. The SMILES string of the molecule is COc1cc(C(=O)N(C)Cc2ccc3c(c2)OCCO3)cc(OC)c1Br. The van der Waals surface area contributed by atoms with Crippen LogP contribution in [0.25, 0.3) is 0 Å². The molecule has 1 aliphatic heterocycles. The molecule has 26 heavy (non-hydrogen) atoms. The molecule has 1 aliphatic rings. The molecule has 0 bridgehead atoms. The van der Waals surface area contributed by atoms with E-state index in [9.17, 15) is 4.79 Å². The molecule has 0 unspecified atom stereocenters. The van der Waals surface area contributed by atoms with Gasteiger partial charge < -0.3 is 23.8 Å². The van der Waals surface area contributed by atoms with Gasteiger partial charge in [0.05, 0.1) is 14.2 Å². The number of methoxy groups -OCH3 is 2. The molecule has 6 nitrogen and oxygen atoms in total. The second-order valence-corrected chi connectivity index (χ2v) is 6.63. The summed E-state index contributed by atoms with van der Waals surface area (Å²) in [7, 11) is 4.85. The highest BCUT2D eigenvalue weighted by Crippen LogP contribution is 2.36. The highest BCUT2D eigenvalue weighted by molar-refractivity contribution is 9.10. The summed E-state index contributed by atoms with van der Waals surface area (Å²) in [6, 6.07) is 9.08. The fourth-order valence-corrected chi connectivity index (χ4v) is 3.30. The maximum atomic E-state index is 12.8. The summed E-state index contributed by atoms with van der Waals surface area (Å²) in [4.78, 5) is 14.5. The number of halogens is 1. The number of fused-ring (bicyclic) bond motifs is 1. The van der Waals surface area contributed by atoms with E-state index < -0.39 is 0 Å². The van der Waals surface area contributed by atoms with E-state index in [0.717, 1.165) is 11.3 Å². The second kappa shape index (κ2) is 7.86. The third-order valence-corrected chi connectivity index (χ3v) is 4.85. The number of hydrogen-bond donors (Lipinski definition) is 0. The first-order chi connectivity index (χ1) is 12.5. The van der Waals surface area contributed by atoms with Gasteiger partial charge in [0.25, 0.3) is 5.91 Å². The maximum Gasteiger partial charge on any atom is 0.254 e. The van der Waals surface area contributed by atoms with Crippen LogP contribution in [0.2, 0.25) is 0 Å². The average Bonchev–Trinajstić information content (AvgIpc) is 2.67. The molecule has 0 spiro atoms. The van der Waals surface area contributed by atoms with Gasteiger partial charge in [0.2, 0.25) is 0 Å². The summed E-state index contributed by atoms with van der Waals surface area (Å²) in [5.41, 5.74) is 1.45. The molecule has 0 fully saturated rings. The first kappa shape index (κ1) is 18.4. The van der Waals surface area contributed by atoms with Crippen LogP contribution in [-0.4, -0.2) is 45.3 Å². The van der Waals surface area contributed by atoms with Crippen molar-refractivity contribution in [2.24, 2.45) is 0 Å². The van der Waals surface area contributed by atoms with Gasteiger partial charge in [-0.15, -0.1) is 0 Å². The largest absolute Gasteiger partial charge is 0.495 e. The van der Waals surface area contributed by atoms with Crippen molar-refractivity contribution in [1.82, 2.24) is 4.90 Å². The summed E-state index contributed by atoms with van der Waals surface area (Å²) < 4.78 is 22.4. The zero-order valence-electron chi connectivity index (χ0n) is 14.9. The first-order valence-electron chi connectivity index (χ1n) is 8.09. The number of rotatable bonds is 5. The van der Waals surface area contributed by atoms with Crippen molar-refractivity contribution in [1.29, 1.82) is 0 Å². The molecular weight excluding hydrogens is 402 g/mol. The molecule has 0 N–H and O–H groups in total. The predicted octanol–water partition coefficient (Wildman–Crippen LogP) is 3.51. The van der Waals surface area contributed by atoms with Gasteiger partial charge in [-0.2, -0.15) is 0 Å². The minimum absolute atomic E-state index is 0.135. The van der Waals surface area contributed by atoms with E-state index in [0.29, 0.717) is 47.0 Å². The second-order valence-electron chi connectivity index (χ2n) is 5.83. The van der Waals surface area contributed by atoms with Gasteiger partial charge in [-0.1, -0.05) is 6.07 Å². The number of ether oxygens (including phenoxy) is 4. The monoisotopic (exact) mass is 421 g/mol. The zero-order chi connectivity index (χ0) is 18.7. The molecule has 2 aromatic carbocycles. The fraction of sp³-hybridized carbons (Fsp3) is 0.316. The number of amides is 1. The molecule has 0 aliphatic carbocycles. The molecule has 3 rings (SSSR count). The van der Waals surface area contributed by atoms with Crippen LogP contribution in [0, 0.1) is 0 Å². The van der Waals surface area contributed by atoms with Crippen LogP contribution in [0.1, 0.15) is 15.9 Å². The van der Waals surface area contributed by atoms with Crippen molar-refractivity contribution in [3.63, 3.8) is 0 Å². The molecular formula is C19H20BrNO5. The van der Waals surface area contributed by atoms with Crippen LogP contribution in [0.3, 0.4) is 0 Å². The van der Waals surface area contributed by atoms with Crippen molar-refractivity contribution in [2.45, 2.75) is 6.54 Å². The number of benzene rings is 2. The Morgan fingerprint density at radius 3 is 2.31 bits per heavy atom. The van der Waals surface area contributed by atoms with Crippen LogP contribution in [0.15, 0.2) is 34.8 Å². The molecule has 0 atom stereocenters. The molecule has 1 amide bonds. The lowest BCUT2D eigenvalue weighted by molar-refractivity contribution is 0.0784. The topological polar surface area (TPSA) is 57.2 Å². The molecule has 138 valence electrons. The Labute approximate surface area is 160 Å². The van der Waals surface area contributed by atoms with Gasteiger partial charge in [-0.25, -0.2) is 0 Å². The Bertz CT molecular complexity index is 799. The summed E-state index contributed by atoms with van der Waals surface area (Å²) in [6.07, 6.45) is 0. The molecule has 7 heteroatoms. The number of hydrogen-bond acceptors (Lipinski definition) is 5. The minimum atomic E-state index is -0.135. The first-order valence-corrected chi connectivity index (χ1v) is 8.88. The van der Waals surface area contributed by atoms with E-state index in [1.165, 1.54) is 0 Å². The van der Waals surface area contributed by atoms with Crippen molar-refractivity contribution < 1.29 is 23.7 Å². The Morgan fingerprint density at radius 2 is 1.69 bits per heavy atom. The summed E-state index contributed by atoms with van der Waals surface area (Å²) >= 11 is 3.41. The van der Waals surface area contributed by atoms with Crippen LogP contribution >= 0.6 is 15.9 Å². The third-order valence-electron chi connectivity index (χ3n) is 4.07. The van der Waals surface area contributed by atoms with Gasteiger partial charge in [-0.3, -0.25) is 4.79 Å². The van der Waals surface area contributed by atoms with E-state index in [1.807, 2.05) is 18.2 Å². The van der Waals surface area contributed by atoms with Crippen molar-refractivity contribution in [3.05, 3.63) is 45.9 Å².